The number of anilines is 1. The van der Waals surface area contributed by atoms with Crippen molar-refractivity contribution in [1.29, 1.82) is 0 Å². The minimum atomic E-state index is -1.58. The molecule has 0 saturated carbocycles. The summed E-state index contributed by atoms with van der Waals surface area (Å²) in [7, 11) is 0. The van der Waals surface area contributed by atoms with Crippen LogP contribution in [0.25, 0.3) is 22.7 Å². The van der Waals surface area contributed by atoms with E-state index in [2.05, 4.69) is 15.3 Å². The van der Waals surface area contributed by atoms with Crippen molar-refractivity contribution in [3.63, 3.8) is 0 Å². The van der Waals surface area contributed by atoms with Crippen LogP contribution in [-0.2, 0) is 0 Å². The number of fused-ring (bicyclic) bond motifs is 1. The third-order valence-electron chi connectivity index (χ3n) is 5.24. The van der Waals surface area contributed by atoms with E-state index in [-0.39, 0.29) is 11.7 Å². The highest BCUT2D eigenvalue weighted by atomic mass is 19.2. The Hall–Kier alpha value is -3.82. The highest BCUT2D eigenvalue weighted by Gasteiger charge is 2.31. The second-order valence-corrected chi connectivity index (χ2v) is 7.20. The van der Waals surface area contributed by atoms with Gasteiger partial charge in [0.05, 0.1) is 12.3 Å². The molecule has 1 N–H and O–H groups in total. The average Bonchev–Trinajstić information content (AvgIpc) is 3.50. The molecule has 4 heterocycles. The first-order valence-corrected chi connectivity index (χ1v) is 9.58. The summed E-state index contributed by atoms with van der Waals surface area (Å²) in [5.74, 6) is -3.13. The zero-order valence-electron chi connectivity index (χ0n) is 16.1. The van der Waals surface area contributed by atoms with Gasteiger partial charge in [-0.05, 0) is 30.7 Å². The number of furan rings is 1. The number of imidazole rings is 1. The molecule has 158 valence electrons. The molecule has 10 heteroatoms. The lowest BCUT2D eigenvalue weighted by molar-refractivity contribution is 0.221. The molecule has 1 aliphatic rings. The lowest BCUT2D eigenvalue weighted by Gasteiger charge is -2.19. The quantitative estimate of drug-likeness (QED) is 0.486. The van der Waals surface area contributed by atoms with Gasteiger partial charge in [-0.15, -0.1) is 0 Å². The fourth-order valence-corrected chi connectivity index (χ4v) is 3.82. The molecule has 7 nitrogen and oxygen atoms in total. The number of rotatable bonds is 3. The third kappa shape index (κ3) is 3.39. The summed E-state index contributed by atoms with van der Waals surface area (Å²) in [5, 5.41) is 2.42. The van der Waals surface area contributed by atoms with Crippen LogP contribution in [0.2, 0.25) is 0 Å². The van der Waals surface area contributed by atoms with Gasteiger partial charge in [-0.3, -0.25) is 0 Å². The number of pyridine rings is 1. The van der Waals surface area contributed by atoms with Gasteiger partial charge in [0.1, 0.15) is 5.52 Å². The Morgan fingerprint density at radius 1 is 1.16 bits per heavy atom. The molecule has 4 aromatic rings. The number of hydrogen-bond acceptors (Lipinski definition) is 4. The van der Waals surface area contributed by atoms with Crippen LogP contribution in [0, 0.1) is 17.5 Å². The van der Waals surface area contributed by atoms with Crippen LogP contribution in [0.4, 0.5) is 23.7 Å². The van der Waals surface area contributed by atoms with E-state index in [1.165, 1.54) is 4.90 Å². The van der Waals surface area contributed by atoms with E-state index in [0.29, 0.717) is 42.3 Å². The second kappa shape index (κ2) is 7.46. The molecule has 0 aliphatic carbocycles. The molecule has 1 aromatic carbocycles. The Balaban J connectivity index is 1.40. The fraction of sp³-hybridized carbons (Fsp3) is 0.190. The Morgan fingerprint density at radius 2 is 1.97 bits per heavy atom. The van der Waals surface area contributed by atoms with Gasteiger partial charge in [-0.25, -0.2) is 27.9 Å². The van der Waals surface area contributed by atoms with Crippen molar-refractivity contribution in [1.82, 2.24) is 19.4 Å². The summed E-state index contributed by atoms with van der Waals surface area (Å²) >= 11 is 0. The molecule has 3 aromatic heterocycles. The first-order chi connectivity index (χ1) is 15.0. The van der Waals surface area contributed by atoms with E-state index in [4.69, 9.17) is 4.42 Å². The number of likely N-dealkylation sites (tertiary alicyclic amines) is 1. The molecular weight excluding hydrogens is 411 g/mol. The Labute approximate surface area is 174 Å². The van der Waals surface area contributed by atoms with Gasteiger partial charge < -0.3 is 19.2 Å². The molecule has 0 bridgehead atoms. The number of carbonyl (C=O) groups is 1. The van der Waals surface area contributed by atoms with Gasteiger partial charge >= 0.3 is 6.03 Å². The normalized spacial score (nSPS) is 16.2. The molecule has 0 radical (unpaired) electrons. The fourth-order valence-electron chi connectivity index (χ4n) is 3.82. The van der Waals surface area contributed by atoms with E-state index in [0.717, 1.165) is 12.1 Å². The smallest absolute Gasteiger partial charge is 0.321 e. The summed E-state index contributed by atoms with van der Waals surface area (Å²) in [6, 6.07) is 8.02. The number of nitrogens with one attached hydrogen (secondary N) is 1. The zero-order chi connectivity index (χ0) is 21.5. The Bertz CT molecular complexity index is 1250. The standard InChI is InChI=1S/C21H16F3N5O2/c22-14-9-12(10-15(23)18(14)24)26-21(30)28-7-5-13(11-28)29-19-16(3-1-6-25-19)27-20(29)17-4-2-8-31-17/h1-4,6,8-10,13H,5,7,11H2,(H,26,30)/t13-/m0/s1. The van der Waals surface area contributed by atoms with Gasteiger partial charge in [0.25, 0.3) is 0 Å². The van der Waals surface area contributed by atoms with Crippen molar-refractivity contribution >= 4 is 22.9 Å². The van der Waals surface area contributed by atoms with Crippen molar-refractivity contribution in [3.8, 4) is 11.6 Å². The predicted octanol–water partition coefficient (Wildman–Crippen LogP) is 4.59. The third-order valence-corrected chi connectivity index (χ3v) is 5.24. The summed E-state index contributed by atoms with van der Waals surface area (Å²) in [4.78, 5) is 23.2. The number of nitrogens with zero attached hydrogens (tertiary/aromatic N) is 4. The molecule has 1 fully saturated rings. The number of halogens is 3. The number of hydrogen-bond donors (Lipinski definition) is 1. The zero-order valence-corrected chi connectivity index (χ0v) is 16.1. The van der Waals surface area contributed by atoms with Crippen LogP contribution in [0.3, 0.4) is 0 Å². The van der Waals surface area contributed by atoms with Gasteiger partial charge in [0, 0.05) is 37.1 Å². The lowest BCUT2D eigenvalue weighted by atomic mass is 10.2. The molecular formula is C21H16F3N5O2. The molecule has 31 heavy (non-hydrogen) atoms. The minimum Gasteiger partial charge on any atom is -0.461 e. The number of amides is 2. The predicted molar refractivity (Wildman–Crippen MR) is 106 cm³/mol. The summed E-state index contributed by atoms with van der Waals surface area (Å²) in [6.07, 6.45) is 3.85. The van der Waals surface area contributed by atoms with Gasteiger partial charge in [-0.1, -0.05) is 0 Å². The molecule has 1 saturated heterocycles. The minimum absolute atomic E-state index is 0.132. The van der Waals surface area contributed by atoms with Crippen LogP contribution in [0.1, 0.15) is 12.5 Å². The van der Waals surface area contributed by atoms with Gasteiger partial charge in [-0.2, -0.15) is 0 Å². The van der Waals surface area contributed by atoms with E-state index < -0.39 is 23.5 Å². The van der Waals surface area contributed by atoms with Crippen LogP contribution >= 0.6 is 0 Å². The van der Waals surface area contributed by atoms with Crippen molar-refractivity contribution in [3.05, 3.63) is 66.3 Å². The number of carbonyl (C=O) groups excluding carboxylic acids is 1. The number of aromatic nitrogens is 3. The lowest BCUT2D eigenvalue weighted by Crippen LogP contribution is -2.33. The maximum Gasteiger partial charge on any atom is 0.321 e. The Kier molecular flexibility index (Phi) is 4.61. The average molecular weight is 427 g/mol. The van der Waals surface area contributed by atoms with Crippen LogP contribution < -0.4 is 5.32 Å². The largest absolute Gasteiger partial charge is 0.461 e. The van der Waals surface area contributed by atoms with Gasteiger partial charge in [0.15, 0.2) is 34.7 Å². The van der Waals surface area contributed by atoms with Gasteiger partial charge in [0.2, 0.25) is 0 Å². The molecule has 5 rings (SSSR count). The van der Waals surface area contributed by atoms with E-state index >= 15 is 0 Å². The van der Waals surface area contributed by atoms with Crippen molar-refractivity contribution in [2.24, 2.45) is 0 Å². The number of urea groups is 1. The first kappa shape index (κ1) is 19.2. The molecule has 0 unspecified atom stereocenters. The highest BCUT2D eigenvalue weighted by molar-refractivity contribution is 5.89. The summed E-state index contributed by atoms with van der Waals surface area (Å²) < 4.78 is 47.5. The molecule has 1 atom stereocenters. The monoisotopic (exact) mass is 427 g/mol. The first-order valence-electron chi connectivity index (χ1n) is 9.58. The Morgan fingerprint density at radius 3 is 2.71 bits per heavy atom. The topological polar surface area (TPSA) is 76.2 Å². The van der Waals surface area contributed by atoms with Crippen molar-refractivity contribution in [2.45, 2.75) is 12.5 Å². The SMILES string of the molecule is O=C(Nc1cc(F)c(F)c(F)c1)N1CC[C@H](n2c(-c3ccco3)nc3cccnc32)C1. The second-order valence-electron chi connectivity index (χ2n) is 7.20. The van der Waals surface area contributed by atoms with Crippen molar-refractivity contribution < 1.29 is 22.4 Å². The highest BCUT2D eigenvalue weighted by Crippen LogP contribution is 2.32. The van der Waals surface area contributed by atoms with Crippen molar-refractivity contribution in [2.75, 3.05) is 18.4 Å². The maximum absolute atomic E-state index is 13.4. The van der Waals surface area contributed by atoms with E-state index in [1.807, 2.05) is 10.6 Å². The van der Waals surface area contributed by atoms with Crippen LogP contribution in [0.5, 0.6) is 0 Å². The molecule has 2 amide bonds. The van der Waals surface area contributed by atoms with Crippen LogP contribution in [-0.4, -0.2) is 38.6 Å². The maximum atomic E-state index is 13.4. The van der Waals surface area contributed by atoms with E-state index in [9.17, 15) is 18.0 Å². The summed E-state index contributed by atoms with van der Waals surface area (Å²) in [5.41, 5.74) is 1.22. The van der Waals surface area contributed by atoms with E-state index in [1.54, 1.807) is 30.7 Å². The summed E-state index contributed by atoms with van der Waals surface area (Å²) in [6.45, 7) is 0.737. The number of benzene rings is 1. The molecule has 1 aliphatic heterocycles. The van der Waals surface area contributed by atoms with Crippen LogP contribution in [0.15, 0.2) is 53.3 Å². The molecule has 0 spiro atoms.